The maximum atomic E-state index is 12.6. The molecule has 3 rings (SSSR count). The number of rotatable bonds is 8. The van der Waals surface area contributed by atoms with Crippen LogP contribution in [0.4, 0.5) is 11.4 Å². The van der Waals surface area contributed by atoms with E-state index in [0.29, 0.717) is 23.9 Å². The number of para-hydroxylation sites is 1. The van der Waals surface area contributed by atoms with Crippen LogP contribution >= 0.6 is 11.6 Å². The van der Waals surface area contributed by atoms with Gasteiger partial charge in [0.1, 0.15) is 5.75 Å². The first-order valence-electron chi connectivity index (χ1n) is 10.5. The molecule has 1 fully saturated rings. The van der Waals surface area contributed by atoms with Gasteiger partial charge in [-0.3, -0.25) is 19.4 Å². The lowest BCUT2D eigenvalue weighted by Gasteiger charge is -2.37. The van der Waals surface area contributed by atoms with Gasteiger partial charge in [0.2, 0.25) is 11.8 Å². The number of ether oxygens (including phenoxy) is 1. The summed E-state index contributed by atoms with van der Waals surface area (Å²) in [4.78, 5) is 29.2. The molecule has 31 heavy (non-hydrogen) atoms. The SMILES string of the molecule is CCOc1ccc(NC(=O)[C@H](C)N2CCN(CC(=O)Nc3ccccc3Cl)CC2)cc1. The van der Waals surface area contributed by atoms with Crippen molar-refractivity contribution in [3.05, 3.63) is 53.6 Å². The van der Waals surface area contributed by atoms with Gasteiger partial charge < -0.3 is 15.4 Å². The van der Waals surface area contributed by atoms with Crippen molar-refractivity contribution in [2.75, 3.05) is 50.0 Å². The minimum absolute atomic E-state index is 0.0472. The summed E-state index contributed by atoms with van der Waals surface area (Å²) < 4.78 is 5.42. The third-order valence-electron chi connectivity index (χ3n) is 5.28. The molecule has 0 aromatic heterocycles. The molecular weight excluding hydrogens is 416 g/mol. The average Bonchev–Trinajstić information content (AvgIpc) is 2.77. The first-order valence-corrected chi connectivity index (χ1v) is 10.9. The second-order valence-corrected chi connectivity index (χ2v) is 7.87. The molecule has 1 atom stereocenters. The van der Waals surface area contributed by atoms with Crippen LogP contribution in [0.1, 0.15) is 13.8 Å². The minimum atomic E-state index is -0.259. The van der Waals surface area contributed by atoms with Gasteiger partial charge in [-0.25, -0.2) is 0 Å². The largest absolute Gasteiger partial charge is 0.494 e. The van der Waals surface area contributed by atoms with E-state index in [1.165, 1.54) is 0 Å². The van der Waals surface area contributed by atoms with Crippen molar-refractivity contribution in [2.45, 2.75) is 19.9 Å². The molecule has 1 aliphatic rings. The van der Waals surface area contributed by atoms with Crippen molar-refractivity contribution < 1.29 is 14.3 Å². The molecule has 2 aromatic rings. The fourth-order valence-corrected chi connectivity index (χ4v) is 3.66. The maximum Gasteiger partial charge on any atom is 0.241 e. The molecule has 0 saturated carbocycles. The number of nitrogens with zero attached hydrogens (tertiary/aromatic N) is 2. The summed E-state index contributed by atoms with van der Waals surface area (Å²) in [5.41, 5.74) is 1.36. The fourth-order valence-electron chi connectivity index (χ4n) is 3.48. The highest BCUT2D eigenvalue weighted by Gasteiger charge is 2.26. The zero-order chi connectivity index (χ0) is 22.2. The molecule has 166 valence electrons. The predicted molar refractivity (Wildman–Crippen MR) is 124 cm³/mol. The van der Waals surface area contributed by atoms with Crippen molar-refractivity contribution in [3.8, 4) is 5.75 Å². The number of halogens is 1. The number of benzene rings is 2. The van der Waals surface area contributed by atoms with E-state index < -0.39 is 0 Å². The number of piperazine rings is 1. The topological polar surface area (TPSA) is 73.9 Å². The normalized spacial score (nSPS) is 15.8. The van der Waals surface area contributed by atoms with Gasteiger partial charge in [0, 0.05) is 31.9 Å². The number of anilines is 2. The smallest absolute Gasteiger partial charge is 0.241 e. The van der Waals surface area contributed by atoms with Gasteiger partial charge in [-0.05, 0) is 50.2 Å². The highest BCUT2D eigenvalue weighted by Crippen LogP contribution is 2.20. The third-order valence-corrected chi connectivity index (χ3v) is 5.61. The van der Waals surface area contributed by atoms with Crippen LogP contribution in [0.5, 0.6) is 5.75 Å². The van der Waals surface area contributed by atoms with Gasteiger partial charge >= 0.3 is 0 Å². The van der Waals surface area contributed by atoms with E-state index in [2.05, 4.69) is 20.4 Å². The fraction of sp³-hybridized carbons (Fsp3) is 0.391. The monoisotopic (exact) mass is 444 g/mol. The number of amides is 2. The van der Waals surface area contributed by atoms with Crippen molar-refractivity contribution in [1.29, 1.82) is 0 Å². The molecule has 1 saturated heterocycles. The molecule has 0 spiro atoms. The van der Waals surface area contributed by atoms with Crippen LogP contribution < -0.4 is 15.4 Å². The molecule has 2 N–H and O–H groups in total. The number of carbonyl (C=O) groups excluding carboxylic acids is 2. The number of carbonyl (C=O) groups is 2. The zero-order valence-electron chi connectivity index (χ0n) is 17.9. The van der Waals surface area contributed by atoms with Gasteiger partial charge in [0.15, 0.2) is 0 Å². The van der Waals surface area contributed by atoms with Gasteiger partial charge in [0.05, 0.1) is 29.9 Å². The molecule has 1 heterocycles. The Balaban J connectivity index is 1.43. The Morgan fingerprint density at radius 1 is 1.03 bits per heavy atom. The Morgan fingerprint density at radius 3 is 2.35 bits per heavy atom. The minimum Gasteiger partial charge on any atom is -0.494 e. The van der Waals surface area contributed by atoms with Crippen molar-refractivity contribution in [2.24, 2.45) is 0 Å². The maximum absolute atomic E-state index is 12.6. The summed E-state index contributed by atoms with van der Waals surface area (Å²) in [6.45, 7) is 7.62. The summed E-state index contributed by atoms with van der Waals surface area (Å²) in [7, 11) is 0. The van der Waals surface area contributed by atoms with E-state index in [-0.39, 0.29) is 17.9 Å². The molecule has 2 amide bonds. The van der Waals surface area contributed by atoms with Crippen molar-refractivity contribution in [1.82, 2.24) is 9.80 Å². The first kappa shape index (κ1) is 23.1. The third kappa shape index (κ3) is 6.69. The Labute approximate surface area is 188 Å². The van der Waals surface area contributed by atoms with Gasteiger partial charge in [-0.15, -0.1) is 0 Å². The highest BCUT2D eigenvalue weighted by molar-refractivity contribution is 6.33. The molecule has 8 heteroatoms. The van der Waals surface area contributed by atoms with E-state index in [0.717, 1.165) is 37.6 Å². The molecule has 0 bridgehead atoms. The van der Waals surface area contributed by atoms with Crippen molar-refractivity contribution in [3.63, 3.8) is 0 Å². The van der Waals surface area contributed by atoms with Crippen molar-refractivity contribution >= 4 is 34.8 Å². The highest BCUT2D eigenvalue weighted by atomic mass is 35.5. The van der Waals surface area contributed by atoms with E-state index in [1.54, 1.807) is 12.1 Å². The zero-order valence-corrected chi connectivity index (χ0v) is 18.7. The Hall–Kier alpha value is -2.61. The van der Waals surface area contributed by atoms with E-state index in [9.17, 15) is 9.59 Å². The molecule has 0 unspecified atom stereocenters. The summed E-state index contributed by atoms with van der Waals surface area (Å²) in [5, 5.41) is 6.33. The van der Waals surface area contributed by atoms with Crippen LogP contribution in [0.2, 0.25) is 5.02 Å². The summed E-state index contributed by atoms with van der Waals surface area (Å²) in [5.74, 6) is 0.639. The van der Waals surface area contributed by atoms with Gasteiger partial charge in [-0.1, -0.05) is 23.7 Å². The average molecular weight is 445 g/mol. The molecular formula is C23H29ClN4O3. The molecule has 0 aliphatic carbocycles. The van der Waals surface area contributed by atoms with Crippen LogP contribution in [0.3, 0.4) is 0 Å². The van der Waals surface area contributed by atoms with Gasteiger partial charge in [-0.2, -0.15) is 0 Å². The van der Waals surface area contributed by atoms with Crippen LogP contribution in [0.15, 0.2) is 48.5 Å². The van der Waals surface area contributed by atoms with Crippen LogP contribution in [0.25, 0.3) is 0 Å². The lowest BCUT2D eigenvalue weighted by Crippen LogP contribution is -2.53. The van der Waals surface area contributed by atoms with Gasteiger partial charge in [0.25, 0.3) is 0 Å². The second-order valence-electron chi connectivity index (χ2n) is 7.46. The number of nitrogens with one attached hydrogen (secondary N) is 2. The first-order chi connectivity index (χ1) is 15.0. The van der Waals surface area contributed by atoms with E-state index >= 15 is 0 Å². The second kappa shape index (κ2) is 11.1. The van der Waals surface area contributed by atoms with Crippen LogP contribution in [0, 0.1) is 0 Å². The quantitative estimate of drug-likeness (QED) is 0.653. The predicted octanol–water partition coefficient (Wildman–Crippen LogP) is 3.32. The Morgan fingerprint density at radius 2 is 1.71 bits per heavy atom. The molecule has 2 aromatic carbocycles. The molecule has 0 radical (unpaired) electrons. The Kier molecular flexibility index (Phi) is 8.28. The van der Waals surface area contributed by atoms with Crippen LogP contribution in [-0.2, 0) is 9.59 Å². The number of hydrogen-bond acceptors (Lipinski definition) is 5. The lowest BCUT2D eigenvalue weighted by atomic mass is 10.2. The molecule has 7 nitrogen and oxygen atoms in total. The standard InChI is InChI=1S/C23H29ClN4O3/c1-3-31-19-10-8-18(9-11-19)25-23(30)17(2)28-14-12-27(13-15-28)16-22(29)26-21-7-5-4-6-20(21)24/h4-11,17H,3,12-16H2,1-2H3,(H,25,30)(H,26,29)/t17-/m0/s1. The number of hydrogen-bond donors (Lipinski definition) is 2. The summed E-state index contributed by atoms with van der Waals surface area (Å²) in [6.07, 6.45) is 0. The summed E-state index contributed by atoms with van der Waals surface area (Å²) >= 11 is 6.10. The van der Waals surface area contributed by atoms with Crippen LogP contribution in [-0.4, -0.2) is 67.0 Å². The Bertz CT molecular complexity index is 883. The molecule has 1 aliphatic heterocycles. The van der Waals surface area contributed by atoms with E-state index in [4.69, 9.17) is 16.3 Å². The summed E-state index contributed by atoms with van der Waals surface area (Å²) in [6, 6.07) is 14.3. The lowest BCUT2D eigenvalue weighted by molar-refractivity contribution is -0.122. The van der Waals surface area contributed by atoms with E-state index in [1.807, 2.05) is 50.2 Å².